The third kappa shape index (κ3) is 12.1. The normalized spacial score (nSPS) is 14.0. The highest BCUT2D eigenvalue weighted by atomic mass is 32.1. The predicted octanol–water partition coefficient (Wildman–Crippen LogP) is -1.17. The standard InChI is InChI=1S/C24H39N7O6S/c1-13(2)10-19(23(36)37)31-21(34)17(4-3-9-28-24(26)27)29-22(35)18(30-20(33)16(25)12-38)11-14-5-7-15(32)8-6-14/h5-8,13,16-19,32,38H,3-4,9-12,25H2,1-2H3,(H,29,35)(H,30,33)(H,31,34)(H,36,37)(H4,26,27,28). The molecule has 11 N–H and O–H groups in total. The first kappa shape index (κ1) is 32.5. The number of hydrogen-bond donors (Lipinski definition) is 9. The number of carbonyl (C=O) groups excluding carboxylic acids is 3. The monoisotopic (exact) mass is 553 g/mol. The first-order valence-electron chi connectivity index (χ1n) is 12.2. The van der Waals surface area contributed by atoms with Crippen molar-refractivity contribution in [3.63, 3.8) is 0 Å². The number of rotatable bonds is 16. The van der Waals surface area contributed by atoms with Crippen molar-refractivity contribution >= 4 is 42.3 Å². The molecule has 0 saturated carbocycles. The molecule has 4 atom stereocenters. The Bertz CT molecular complexity index is 970. The second-order valence-electron chi connectivity index (χ2n) is 9.26. The van der Waals surface area contributed by atoms with Crippen LogP contribution in [-0.4, -0.2) is 76.3 Å². The first-order valence-corrected chi connectivity index (χ1v) is 12.8. The van der Waals surface area contributed by atoms with Crippen LogP contribution in [0.5, 0.6) is 5.75 Å². The summed E-state index contributed by atoms with van der Waals surface area (Å²) in [5.41, 5.74) is 17.1. The lowest BCUT2D eigenvalue weighted by molar-refractivity contribution is -0.142. The number of thiol groups is 1. The fraction of sp³-hybridized carbons (Fsp3) is 0.542. The highest BCUT2D eigenvalue weighted by Crippen LogP contribution is 2.12. The molecule has 0 aromatic heterocycles. The summed E-state index contributed by atoms with van der Waals surface area (Å²) in [7, 11) is 0. The van der Waals surface area contributed by atoms with Gasteiger partial charge >= 0.3 is 5.97 Å². The van der Waals surface area contributed by atoms with E-state index >= 15 is 0 Å². The van der Waals surface area contributed by atoms with Gasteiger partial charge in [-0.05, 0) is 42.9 Å². The van der Waals surface area contributed by atoms with Crippen LogP contribution in [0.25, 0.3) is 0 Å². The Morgan fingerprint density at radius 3 is 2.03 bits per heavy atom. The van der Waals surface area contributed by atoms with Crippen LogP contribution in [0.3, 0.4) is 0 Å². The number of carbonyl (C=O) groups is 4. The van der Waals surface area contributed by atoms with E-state index in [-0.39, 0.29) is 49.2 Å². The Balaban J connectivity index is 3.15. The van der Waals surface area contributed by atoms with Crippen LogP contribution in [0.4, 0.5) is 0 Å². The number of aliphatic carboxylic acids is 1. The van der Waals surface area contributed by atoms with Crippen LogP contribution in [0.1, 0.15) is 38.7 Å². The topological polar surface area (TPSA) is 235 Å². The number of carboxylic acid groups (broad SMARTS) is 1. The molecule has 0 fully saturated rings. The van der Waals surface area contributed by atoms with Gasteiger partial charge in [-0.1, -0.05) is 26.0 Å². The number of hydrogen-bond acceptors (Lipinski definition) is 8. The van der Waals surface area contributed by atoms with Gasteiger partial charge in [0.25, 0.3) is 0 Å². The van der Waals surface area contributed by atoms with Crippen LogP contribution in [-0.2, 0) is 25.6 Å². The van der Waals surface area contributed by atoms with E-state index < -0.39 is 47.9 Å². The fourth-order valence-corrected chi connectivity index (χ4v) is 3.61. The van der Waals surface area contributed by atoms with Gasteiger partial charge < -0.3 is 43.4 Å². The third-order valence-electron chi connectivity index (χ3n) is 5.44. The first-order chi connectivity index (χ1) is 17.8. The van der Waals surface area contributed by atoms with Gasteiger partial charge in [-0.3, -0.25) is 19.4 Å². The van der Waals surface area contributed by atoms with E-state index in [1.807, 2.05) is 13.8 Å². The van der Waals surface area contributed by atoms with Crippen molar-refractivity contribution in [2.75, 3.05) is 12.3 Å². The second kappa shape index (κ2) is 16.3. The number of benzene rings is 1. The highest BCUT2D eigenvalue weighted by Gasteiger charge is 2.30. The Morgan fingerprint density at radius 1 is 0.947 bits per heavy atom. The van der Waals surface area contributed by atoms with E-state index in [2.05, 4.69) is 33.6 Å². The molecule has 0 aliphatic carbocycles. The molecular formula is C24H39N7O6S. The van der Waals surface area contributed by atoms with E-state index in [0.29, 0.717) is 12.0 Å². The molecule has 0 aliphatic rings. The minimum atomic E-state index is -1.20. The van der Waals surface area contributed by atoms with Gasteiger partial charge in [0, 0.05) is 18.7 Å². The number of aliphatic imine (C=N–C) groups is 1. The molecule has 0 spiro atoms. The Kier molecular flexibility index (Phi) is 14.0. The quantitative estimate of drug-likeness (QED) is 0.0518. The zero-order valence-corrected chi connectivity index (χ0v) is 22.5. The lowest BCUT2D eigenvalue weighted by atomic mass is 10.0. The number of carboxylic acids is 1. The molecular weight excluding hydrogens is 514 g/mol. The molecule has 38 heavy (non-hydrogen) atoms. The van der Waals surface area contributed by atoms with Gasteiger partial charge in [0.05, 0.1) is 6.04 Å². The van der Waals surface area contributed by atoms with Crippen molar-refractivity contribution in [2.45, 2.75) is 63.7 Å². The summed E-state index contributed by atoms with van der Waals surface area (Å²) in [6.07, 6.45) is 0.623. The zero-order valence-electron chi connectivity index (χ0n) is 21.6. The van der Waals surface area contributed by atoms with E-state index in [1.54, 1.807) is 12.1 Å². The summed E-state index contributed by atoms with van der Waals surface area (Å²) in [6, 6.07) is 1.66. The van der Waals surface area contributed by atoms with Gasteiger partial charge in [-0.15, -0.1) is 0 Å². The lowest BCUT2D eigenvalue weighted by Crippen LogP contribution is -2.57. The van der Waals surface area contributed by atoms with Crippen LogP contribution < -0.4 is 33.2 Å². The van der Waals surface area contributed by atoms with Crippen molar-refractivity contribution in [3.05, 3.63) is 29.8 Å². The highest BCUT2D eigenvalue weighted by molar-refractivity contribution is 7.80. The summed E-state index contributed by atoms with van der Waals surface area (Å²) in [6.45, 7) is 3.83. The molecule has 4 unspecified atom stereocenters. The zero-order chi connectivity index (χ0) is 28.8. The fourth-order valence-electron chi connectivity index (χ4n) is 3.45. The number of amides is 3. The number of nitrogens with zero attached hydrogens (tertiary/aromatic N) is 1. The molecule has 14 heteroatoms. The number of aromatic hydroxyl groups is 1. The van der Waals surface area contributed by atoms with Crippen molar-refractivity contribution in [3.8, 4) is 5.75 Å². The Morgan fingerprint density at radius 2 is 1.50 bits per heavy atom. The number of nitrogens with one attached hydrogen (secondary N) is 3. The van der Waals surface area contributed by atoms with Gasteiger partial charge in [0.15, 0.2) is 5.96 Å². The van der Waals surface area contributed by atoms with Crippen LogP contribution in [0.2, 0.25) is 0 Å². The number of nitrogens with two attached hydrogens (primary N) is 3. The second-order valence-corrected chi connectivity index (χ2v) is 9.62. The Hall–Kier alpha value is -3.52. The molecule has 13 nitrogen and oxygen atoms in total. The van der Waals surface area contributed by atoms with Gasteiger partial charge in [-0.25, -0.2) is 4.79 Å². The lowest BCUT2D eigenvalue weighted by Gasteiger charge is -2.25. The molecule has 0 radical (unpaired) electrons. The minimum absolute atomic E-state index is 0.00718. The summed E-state index contributed by atoms with van der Waals surface area (Å²) in [5, 5.41) is 26.7. The van der Waals surface area contributed by atoms with Gasteiger partial charge in [-0.2, -0.15) is 12.6 Å². The van der Waals surface area contributed by atoms with Crippen molar-refractivity contribution in [1.29, 1.82) is 0 Å². The predicted molar refractivity (Wildman–Crippen MR) is 146 cm³/mol. The summed E-state index contributed by atoms with van der Waals surface area (Å²) in [4.78, 5) is 54.4. The largest absolute Gasteiger partial charge is 0.508 e. The maximum atomic E-state index is 13.3. The minimum Gasteiger partial charge on any atom is -0.508 e. The maximum Gasteiger partial charge on any atom is 0.326 e. The van der Waals surface area contributed by atoms with Crippen LogP contribution in [0, 0.1) is 5.92 Å². The molecule has 1 aromatic rings. The van der Waals surface area contributed by atoms with Crippen molar-refractivity contribution in [1.82, 2.24) is 16.0 Å². The van der Waals surface area contributed by atoms with Gasteiger partial charge in [0.2, 0.25) is 17.7 Å². The summed E-state index contributed by atoms with van der Waals surface area (Å²) >= 11 is 4.01. The van der Waals surface area contributed by atoms with Crippen LogP contribution >= 0.6 is 12.6 Å². The number of guanidine groups is 1. The molecule has 0 aliphatic heterocycles. The van der Waals surface area contributed by atoms with E-state index in [4.69, 9.17) is 17.2 Å². The molecule has 212 valence electrons. The van der Waals surface area contributed by atoms with E-state index in [9.17, 15) is 29.4 Å². The molecule has 1 aromatic carbocycles. The van der Waals surface area contributed by atoms with Crippen molar-refractivity contribution in [2.24, 2.45) is 28.1 Å². The molecule has 3 amide bonds. The van der Waals surface area contributed by atoms with Crippen molar-refractivity contribution < 1.29 is 29.4 Å². The average molecular weight is 554 g/mol. The average Bonchev–Trinajstić information content (AvgIpc) is 2.84. The molecule has 0 heterocycles. The molecule has 1 rings (SSSR count). The number of phenolic OH excluding ortho intramolecular Hbond substituents is 1. The van der Waals surface area contributed by atoms with E-state index in [0.717, 1.165) is 0 Å². The molecule has 0 saturated heterocycles. The number of phenols is 1. The summed E-state index contributed by atoms with van der Waals surface area (Å²) < 4.78 is 0. The van der Waals surface area contributed by atoms with E-state index in [1.165, 1.54) is 12.1 Å². The van der Waals surface area contributed by atoms with Gasteiger partial charge in [0.1, 0.15) is 23.9 Å². The Labute approximate surface area is 227 Å². The van der Waals surface area contributed by atoms with Crippen LogP contribution in [0.15, 0.2) is 29.3 Å². The molecule has 0 bridgehead atoms. The smallest absolute Gasteiger partial charge is 0.326 e. The SMILES string of the molecule is CC(C)CC(NC(=O)C(CCCN=C(N)N)NC(=O)C(Cc1ccc(O)cc1)NC(=O)C(N)CS)C(=O)O. The maximum absolute atomic E-state index is 13.3. The third-order valence-corrected chi connectivity index (χ3v) is 5.84. The summed E-state index contributed by atoms with van der Waals surface area (Å²) in [5.74, 6) is -3.26.